The van der Waals surface area contributed by atoms with Gasteiger partial charge in [-0.1, -0.05) is 0 Å². The van der Waals surface area contributed by atoms with Crippen LogP contribution in [0.25, 0.3) is 0 Å². The molecule has 14 heavy (non-hydrogen) atoms. The molecule has 0 saturated heterocycles. The topological polar surface area (TPSA) is 67.2 Å². The highest BCUT2D eigenvalue weighted by molar-refractivity contribution is 5.70. The molecule has 5 heteroatoms. The number of anilines is 1. The molecule has 1 aliphatic heterocycles. The number of rotatable bonds is 2. The van der Waals surface area contributed by atoms with Crippen LogP contribution in [0.4, 0.5) is 5.95 Å². The van der Waals surface area contributed by atoms with Crippen molar-refractivity contribution >= 4 is 11.9 Å². The number of hydrogen-bond acceptors (Lipinski definition) is 3. The summed E-state index contributed by atoms with van der Waals surface area (Å²) < 4.78 is 1.97. The van der Waals surface area contributed by atoms with Crippen LogP contribution in [0.5, 0.6) is 0 Å². The molecule has 0 spiro atoms. The molecule has 0 bridgehead atoms. The maximum Gasteiger partial charge on any atom is 0.309 e. The van der Waals surface area contributed by atoms with Gasteiger partial charge in [-0.3, -0.25) is 4.79 Å². The summed E-state index contributed by atoms with van der Waals surface area (Å²) in [7, 11) is 0. The van der Waals surface area contributed by atoms with E-state index in [1.807, 2.05) is 11.5 Å². The van der Waals surface area contributed by atoms with Crippen LogP contribution in [0.15, 0.2) is 0 Å². The van der Waals surface area contributed by atoms with Crippen LogP contribution in [0.1, 0.15) is 17.8 Å². The first kappa shape index (κ1) is 9.05. The minimum atomic E-state index is -0.804. The number of aromatic nitrogens is 2. The summed E-state index contributed by atoms with van der Waals surface area (Å²) in [6, 6.07) is 0. The van der Waals surface area contributed by atoms with Gasteiger partial charge in [0.2, 0.25) is 5.95 Å². The molecule has 2 rings (SSSR count). The summed E-state index contributed by atoms with van der Waals surface area (Å²) in [6.45, 7) is 3.64. The molecule has 1 aliphatic rings. The second kappa shape index (κ2) is 3.32. The van der Waals surface area contributed by atoms with E-state index in [1.165, 1.54) is 0 Å². The number of aliphatic carboxylic acids is 1. The van der Waals surface area contributed by atoms with Gasteiger partial charge in [-0.05, 0) is 13.3 Å². The van der Waals surface area contributed by atoms with Gasteiger partial charge in [-0.2, -0.15) is 0 Å². The third-order valence-corrected chi connectivity index (χ3v) is 2.43. The highest BCUT2D eigenvalue weighted by Gasteiger charge is 2.18. The molecule has 0 fully saturated rings. The van der Waals surface area contributed by atoms with Gasteiger partial charge < -0.3 is 15.0 Å². The number of aryl methyl sites for hydroxylation is 1. The second-order valence-corrected chi connectivity index (χ2v) is 3.47. The molecule has 0 atom stereocenters. The SMILES string of the molecule is Cc1nc2n(c1CC(=O)O)CCCN2. The van der Waals surface area contributed by atoms with E-state index in [9.17, 15) is 4.79 Å². The zero-order valence-corrected chi connectivity index (χ0v) is 8.08. The molecule has 2 N–H and O–H groups in total. The number of fused-ring (bicyclic) bond motifs is 1. The highest BCUT2D eigenvalue weighted by Crippen LogP contribution is 2.19. The Bertz CT molecular complexity index is 370. The fourth-order valence-electron chi connectivity index (χ4n) is 1.79. The Morgan fingerprint density at radius 3 is 3.21 bits per heavy atom. The summed E-state index contributed by atoms with van der Waals surface area (Å²) >= 11 is 0. The summed E-state index contributed by atoms with van der Waals surface area (Å²) in [6.07, 6.45) is 1.08. The molecule has 0 aromatic carbocycles. The summed E-state index contributed by atoms with van der Waals surface area (Å²) in [5, 5.41) is 11.9. The number of hydrogen-bond donors (Lipinski definition) is 2. The Hall–Kier alpha value is -1.52. The van der Waals surface area contributed by atoms with Gasteiger partial charge in [0.1, 0.15) is 0 Å². The average Bonchev–Trinajstić information content (AvgIpc) is 2.43. The zero-order valence-electron chi connectivity index (χ0n) is 8.08. The highest BCUT2D eigenvalue weighted by atomic mass is 16.4. The van der Waals surface area contributed by atoms with Crippen molar-refractivity contribution in [2.24, 2.45) is 0 Å². The Labute approximate surface area is 81.8 Å². The molecular weight excluding hydrogens is 182 g/mol. The van der Waals surface area contributed by atoms with Gasteiger partial charge in [-0.25, -0.2) is 4.98 Å². The van der Waals surface area contributed by atoms with Gasteiger partial charge in [0, 0.05) is 13.1 Å². The van der Waals surface area contributed by atoms with Crippen LogP contribution in [-0.2, 0) is 17.8 Å². The van der Waals surface area contributed by atoms with E-state index in [2.05, 4.69) is 10.3 Å². The Balaban J connectivity index is 2.37. The van der Waals surface area contributed by atoms with Gasteiger partial charge >= 0.3 is 5.97 Å². The lowest BCUT2D eigenvalue weighted by Gasteiger charge is -2.17. The molecule has 1 aromatic rings. The molecule has 0 radical (unpaired) electrons. The van der Waals surface area contributed by atoms with Crippen LogP contribution in [-0.4, -0.2) is 27.2 Å². The van der Waals surface area contributed by atoms with Crippen molar-refractivity contribution in [2.45, 2.75) is 26.3 Å². The third-order valence-electron chi connectivity index (χ3n) is 2.43. The minimum absolute atomic E-state index is 0.0561. The number of carboxylic acid groups (broad SMARTS) is 1. The quantitative estimate of drug-likeness (QED) is 0.726. The molecule has 0 aliphatic carbocycles. The second-order valence-electron chi connectivity index (χ2n) is 3.47. The molecule has 0 saturated carbocycles. The molecule has 5 nitrogen and oxygen atoms in total. The van der Waals surface area contributed by atoms with Crippen molar-refractivity contribution in [3.8, 4) is 0 Å². The number of nitrogens with one attached hydrogen (secondary N) is 1. The predicted octanol–water partition coefficient (Wildman–Crippen LogP) is 0.634. The van der Waals surface area contributed by atoms with Gasteiger partial charge in [-0.15, -0.1) is 0 Å². The van der Waals surface area contributed by atoms with Crippen molar-refractivity contribution in [1.82, 2.24) is 9.55 Å². The lowest BCUT2D eigenvalue weighted by atomic mass is 10.2. The molecule has 0 amide bonds. The number of carboxylic acids is 1. The van der Waals surface area contributed by atoms with E-state index < -0.39 is 5.97 Å². The lowest BCUT2D eigenvalue weighted by Crippen LogP contribution is -2.19. The van der Waals surface area contributed by atoms with Crippen LogP contribution in [0.3, 0.4) is 0 Å². The number of imidazole rings is 1. The van der Waals surface area contributed by atoms with E-state index >= 15 is 0 Å². The van der Waals surface area contributed by atoms with Crippen LogP contribution in [0.2, 0.25) is 0 Å². The fourth-order valence-corrected chi connectivity index (χ4v) is 1.79. The Morgan fingerprint density at radius 1 is 1.71 bits per heavy atom. The van der Waals surface area contributed by atoms with E-state index in [0.29, 0.717) is 0 Å². The number of carbonyl (C=O) groups is 1. The molecule has 76 valence electrons. The van der Waals surface area contributed by atoms with Crippen molar-refractivity contribution in [3.05, 3.63) is 11.4 Å². The van der Waals surface area contributed by atoms with Crippen LogP contribution >= 0.6 is 0 Å². The maximum atomic E-state index is 10.6. The van der Waals surface area contributed by atoms with E-state index in [1.54, 1.807) is 0 Å². The smallest absolute Gasteiger partial charge is 0.309 e. The van der Waals surface area contributed by atoms with Gasteiger partial charge in [0.05, 0.1) is 17.8 Å². The van der Waals surface area contributed by atoms with Crippen molar-refractivity contribution < 1.29 is 9.90 Å². The summed E-state index contributed by atoms with van der Waals surface area (Å²) in [5.41, 5.74) is 1.64. The lowest BCUT2D eigenvalue weighted by molar-refractivity contribution is -0.136. The number of nitrogens with zero attached hydrogens (tertiary/aromatic N) is 2. The minimum Gasteiger partial charge on any atom is -0.481 e. The normalized spacial score (nSPS) is 14.6. The third kappa shape index (κ3) is 1.45. The standard InChI is InChI=1S/C9H13N3O2/c1-6-7(5-8(13)14)12-4-2-3-10-9(12)11-6/h2-5H2,1H3,(H,10,11)(H,13,14). The predicted molar refractivity (Wildman–Crippen MR) is 51.4 cm³/mol. The van der Waals surface area contributed by atoms with Gasteiger partial charge in [0.25, 0.3) is 0 Å². The molecule has 1 aromatic heterocycles. The van der Waals surface area contributed by atoms with Gasteiger partial charge in [0.15, 0.2) is 0 Å². The van der Waals surface area contributed by atoms with Crippen LogP contribution < -0.4 is 5.32 Å². The first-order chi connectivity index (χ1) is 6.68. The van der Waals surface area contributed by atoms with Crippen molar-refractivity contribution in [1.29, 1.82) is 0 Å². The summed E-state index contributed by atoms with van der Waals surface area (Å²) in [5.74, 6) is 0.00590. The Morgan fingerprint density at radius 2 is 2.50 bits per heavy atom. The molecule has 0 unspecified atom stereocenters. The molecule has 2 heterocycles. The molecular formula is C9H13N3O2. The van der Waals surface area contributed by atoms with Crippen molar-refractivity contribution in [3.63, 3.8) is 0 Å². The first-order valence-corrected chi connectivity index (χ1v) is 4.70. The van der Waals surface area contributed by atoms with Crippen LogP contribution in [0, 0.1) is 6.92 Å². The van der Waals surface area contributed by atoms with E-state index in [0.717, 1.165) is 36.8 Å². The van der Waals surface area contributed by atoms with E-state index in [-0.39, 0.29) is 6.42 Å². The van der Waals surface area contributed by atoms with Crippen molar-refractivity contribution in [2.75, 3.05) is 11.9 Å². The maximum absolute atomic E-state index is 10.6. The fraction of sp³-hybridized carbons (Fsp3) is 0.556. The first-order valence-electron chi connectivity index (χ1n) is 4.70. The largest absolute Gasteiger partial charge is 0.481 e. The average molecular weight is 195 g/mol. The Kier molecular flexibility index (Phi) is 2.15. The zero-order chi connectivity index (χ0) is 10.1. The van der Waals surface area contributed by atoms with E-state index in [4.69, 9.17) is 5.11 Å². The summed E-state index contributed by atoms with van der Waals surface area (Å²) in [4.78, 5) is 14.9. The monoisotopic (exact) mass is 195 g/mol.